The summed E-state index contributed by atoms with van der Waals surface area (Å²) < 4.78 is 65.9. The van der Waals surface area contributed by atoms with Gasteiger partial charge in [-0.2, -0.15) is 18.3 Å². The molecule has 1 aliphatic heterocycles. The highest BCUT2D eigenvalue weighted by molar-refractivity contribution is 7.89. The molecule has 4 heterocycles. The van der Waals surface area contributed by atoms with Gasteiger partial charge in [-0.25, -0.2) is 23.1 Å². The third-order valence-electron chi connectivity index (χ3n) is 7.41. The molecule has 18 heteroatoms. The number of piperazine rings is 1. The fourth-order valence-electron chi connectivity index (χ4n) is 5.36. The third-order valence-corrected chi connectivity index (χ3v) is 8.18. The Morgan fingerprint density at radius 1 is 1.11 bits per heavy atom. The topological polar surface area (TPSA) is 147 Å². The van der Waals surface area contributed by atoms with Crippen molar-refractivity contribution < 1.29 is 26.4 Å². The van der Waals surface area contributed by atoms with Crippen molar-refractivity contribution in [2.75, 3.05) is 47.6 Å². The smallest absolute Gasteiger partial charge is 0.377 e. The van der Waals surface area contributed by atoms with E-state index in [0.717, 1.165) is 16.5 Å². The molecule has 1 amide bonds. The number of benzene rings is 1. The lowest BCUT2D eigenvalue weighted by Crippen LogP contribution is -2.48. The molecule has 0 radical (unpaired) electrons. The van der Waals surface area contributed by atoms with E-state index in [1.54, 1.807) is 20.0 Å². The van der Waals surface area contributed by atoms with Gasteiger partial charge in [-0.1, -0.05) is 17.7 Å². The molecule has 46 heavy (non-hydrogen) atoms. The minimum atomic E-state index is -4.38. The summed E-state index contributed by atoms with van der Waals surface area (Å²) in [6.07, 6.45) is -0.761. The van der Waals surface area contributed by atoms with Gasteiger partial charge in [-0.05, 0) is 37.6 Å². The Hall–Kier alpha value is -4.38. The highest BCUT2D eigenvalue weighted by atomic mass is 35.5. The molecule has 5 rings (SSSR count). The van der Waals surface area contributed by atoms with Crippen molar-refractivity contribution in [2.45, 2.75) is 32.6 Å². The molecule has 1 atom stereocenters. The van der Waals surface area contributed by atoms with E-state index in [9.17, 15) is 31.2 Å². The Labute approximate surface area is 267 Å². The lowest BCUT2D eigenvalue weighted by molar-refractivity contribution is -0.142. The predicted octanol–water partition coefficient (Wildman–Crippen LogP) is 3.24. The zero-order chi connectivity index (χ0) is 33.6. The van der Waals surface area contributed by atoms with Crippen LogP contribution < -0.4 is 25.4 Å². The Kier molecular flexibility index (Phi) is 8.92. The van der Waals surface area contributed by atoms with E-state index in [1.807, 2.05) is 27.5 Å². The van der Waals surface area contributed by atoms with Crippen molar-refractivity contribution in [2.24, 2.45) is 7.05 Å². The van der Waals surface area contributed by atoms with Crippen molar-refractivity contribution in [3.63, 3.8) is 0 Å². The first kappa shape index (κ1) is 33.0. The van der Waals surface area contributed by atoms with Gasteiger partial charge in [0.25, 0.3) is 11.5 Å². The molecule has 13 nitrogen and oxygen atoms in total. The van der Waals surface area contributed by atoms with Crippen LogP contribution >= 0.6 is 11.6 Å². The van der Waals surface area contributed by atoms with Crippen LogP contribution in [0.4, 0.5) is 30.5 Å². The highest BCUT2D eigenvalue weighted by Crippen LogP contribution is 2.30. The SMILES string of the molecule is Cc1cc([C@@H](C)Nc2ccc(Cl)nc2C(=O)NS(C)(=O)=O)c2nc(N3CCN(c4cnn(CC(F)(F)F)c4)CC3)n(C)c(=O)c2c1. The number of alkyl halides is 3. The van der Waals surface area contributed by atoms with Gasteiger partial charge >= 0.3 is 6.18 Å². The highest BCUT2D eigenvalue weighted by Gasteiger charge is 2.29. The van der Waals surface area contributed by atoms with Crippen LogP contribution in [0.1, 0.15) is 34.6 Å². The second-order valence-electron chi connectivity index (χ2n) is 11.1. The van der Waals surface area contributed by atoms with Crippen LogP contribution in [0.2, 0.25) is 5.15 Å². The number of amides is 1. The quantitative estimate of drug-likeness (QED) is 0.266. The van der Waals surface area contributed by atoms with E-state index < -0.39 is 34.7 Å². The molecule has 246 valence electrons. The summed E-state index contributed by atoms with van der Waals surface area (Å²) in [4.78, 5) is 39.1. The second kappa shape index (κ2) is 12.4. The summed E-state index contributed by atoms with van der Waals surface area (Å²) in [5.74, 6) is -0.543. The van der Waals surface area contributed by atoms with Gasteiger partial charge in [0.05, 0.1) is 40.8 Å². The molecule has 0 unspecified atom stereocenters. The van der Waals surface area contributed by atoms with Gasteiger partial charge in [0.2, 0.25) is 16.0 Å². The first-order valence-corrected chi connectivity index (χ1v) is 16.3. The average Bonchev–Trinajstić information content (AvgIpc) is 3.41. The van der Waals surface area contributed by atoms with Gasteiger partial charge in [0.15, 0.2) is 5.69 Å². The molecule has 1 aromatic carbocycles. The molecule has 1 aliphatic rings. The van der Waals surface area contributed by atoms with Crippen LogP contribution in [0.25, 0.3) is 10.9 Å². The molecule has 0 bridgehead atoms. The van der Waals surface area contributed by atoms with E-state index in [1.165, 1.54) is 29.1 Å². The number of halogens is 4. The van der Waals surface area contributed by atoms with Gasteiger partial charge in [-0.15, -0.1) is 0 Å². The van der Waals surface area contributed by atoms with Crippen LogP contribution in [-0.2, 0) is 23.6 Å². The molecular formula is C28H31ClF3N9O4S. The van der Waals surface area contributed by atoms with Gasteiger partial charge in [0, 0.05) is 45.0 Å². The number of hydrogen-bond acceptors (Lipinski definition) is 10. The van der Waals surface area contributed by atoms with Crippen LogP contribution in [0, 0.1) is 6.92 Å². The summed E-state index contributed by atoms with van der Waals surface area (Å²) >= 11 is 6.01. The van der Waals surface area contributed by atoms with Crippen LogP contribution in [0.3, 0.4) is 0 Å². The summed E-state index contributed by atoms with van der Waals surface area (Å²) in [5, 5.41) is 7.39. The fraction of sp³-hybridized carbons (Fsp3) is 0.393. The van der Waals surface area contributed by atoms with E-state index in [2.05, 4.69) is 15.4 Å². The van der Waals surface area contributed by atoms with E-state index in [4.69, 9.17) is 16.6 Å². The second-order valence-corrected chi connectivity index (χ2v) is 13.2. The molecule has 1 saturated heterocycles. The molecule has 3 aromatic heterocycles. The molecule has 2 N–H and O–H groups in total. The van der Waals surface area contributed by atoms with Crippen molar-refractivity contribution in [3.05, 3.63) is 69.0 Å². The van der Waals surface area contributed by atoms with Crippen molar-refractivity contribution in [3.8, 4) is 0 Å². The Morgan fingerprint density at radius 2 is 1.78 bits per heavy atom. The van der Waals surface area contributed by atoms with Crippen molar-refractivity contribution in [1.29, 1.82) is 0 Å². The predicted molar refractivity (Wildman–Crippen MR) is 168 cm³/mol. The molecular weight excluding hydrogens is 651 g/mol. The zero-order valence-electron chi connectivity index (χ0n) is 25.3. The Morgan fingerprint density at radius 3 is 2.43 bits per heavy atom. The summed E-state index contributed by atoms with van der Waals surface area (Å²) in [6.45, 7) is 4.29. The van der Waals surface area contributed by atoms with Gasteiger partial charge < -0.3 is 15.1 Å². The van der Waals surface area contributed by atoms with E-state index in [-0.39, 0.29) is 22.1 Å². The van der Waals surface area contributed by atoms with Crippen LogP contribution in [-0.4, -0.2) is 77.3 Å². The maximum absolute atomic E-state index is 13.6. The number of carbonyl (C=O) groups is 1. The molecule has 0 spiro atoms. The van der Waals surface area contributed by atoms with E-state index >= 15 is 0 Å². The number of aromatic nitrogens is 5. The van der Waals surface area contributed by atoms with Crippen molar-refractivity contribution in [1.82, 2.24) is 29.0 Å². The summed E-state index contributed by atoms with van der Waals surface area (Å²) in [7, 11) is -2.24. The zero-order valence-corrected chi connectivity index (χ0v) is 26.8. The average molecular weight is 682 g/mol. The maximum Gasteiger partial charge on any atom is 0.408 e. The number of sulfonamides is 1. The number of hydrogen-bond donors (Lipinski definition) is 2. The monoisotopic (exact) mass is 681 g/mol. The first-order valence-electron chi connectivity index (χ1n) is 14.0. The number of pyridine rings is 1. The number of nitrogens with one attached hydrogen (secondary N) is 2. The van der Waals surface area contributed by atoms with Crippen molar-refractivity contribution >= 4 is 55.8 Å². The largest absolute Gasteiger partial charge is 0.408 e. The van der Waals surface area contributed by atoms with Crippen LogP contribution in [0.15, 0.2) is 41.5 Å². The van der Waals surface area contributed by atoms with E-state index in [0.29, 0.717) is 54.3 Å². The molecule has 0 aliphatic carbocycles. The number of rotatable bonds is 8. The number of carbonyl (C=O) groups excluding carboxylic acids is 1. The Balaban J connectivity index is 1.43. The van der Waals surface area contributed by atoms with Gasteiger partial charge in [0.1, 0.15) is 11.7 Å². The molecule has 1 fully saturated rings. The lowest BCUT2D eigenvalue weighted by Gasteiger charge is -2.36. The fourth-order valence-corrected chi connectivity index (χ4v) is 5.94. The maximum atomic E-state index is 13.6. The summed E-state index contributed by atoms with van der Waals surface area (Å²) in [6, 6.07) is 6.04. The van der Waals surface area contributed by atoms with Gasteiger partial charge in [-0.3, -0.25) is 18.8 Å². The van der Waals surface area contributed by atoms with Crippen LogP contribution in [0.5, 0.6) is 0 Å². The number of fused-ring (bicyclic) bond motifs is 1. The Bertz CT molecular complexity index is 1970. The minimum absolute atomic E-state index is 0.0112. The molecule has 0 saturated carbocycles. The molecule has 4 aromatic rings. The number of anilines is 3. The summed E-state index contributed by atoms with van der Waals surface area (Å²) in [5.41, 5.74) is 2.17. The first-order chi connectivity index (χ1) is 21.5. The normalized spacial score (nSPS) is 14.9. The number of aryl methyl sites for hydroxylation is 1. The number of nitrogens with zero attached hydrogens (tertiary/aromatic N) is 7. The minimum Gasteiger partial charge on any atom is -0.377 e. The third kappa shape index (κ3) is 7.36. The lowest BCUT2D eigenvalue weighted by atomic mass is 10.0. The standard InChI is InChI=1S/C28H31ClF3N9O4S/c1-16-11-19(17(2)34-21-5-6-22(29)35-24(21)25(42)37-46(4,44)45)23-20(12-16)26(43)38(3)27(36-23)40-9-7-39(8-10-40)18-13-33-41(14-18)15-28(30,31)32/h5-6,11-14,17,34H,7-10,15H2,1-4H3,(H,37,42)/t17-/m1/s1.